The van der Waals surface area contributed by atoms with E-state index in [0.717, 1.165) is 17.9 Å². The summed E-state index contributed by atoms with van der Waals surface area (Å²) in [4.78, 5) is 0. The normalized spacial score (nSPS) is 10.0. The molecule has 92 valence electrons. The molecule has 0 radical (unpaired) electrons. The Labute approximate surface area is 105 Å². The monoisotopic (exact) mass is 242 g/mol. The van der Waals surface area contributed by atoms with Gasteiger partial charge in [-0.05, 0) is 18.2 Å². The number of aromatic nitrogens is 3. The molecule has 0 saturated carbocycles. The molecule has 18 heavy (non-hydrogen) atoms. The topological polar surface area (TPSA) is 92.6 Å². The maximum Gasteiger partial charge on any atom is 0.134 e. The van der Waals surface area contributed by atoms with Gasteiger partial charge in [0.25, 0.3) is 0 Å². The van der Waals surface area contributed by atoms with Crippen LogP contribution in [-0.4, -0.2) is 21.3 Å². The van der Waals surface area contributed by atoms with E-state index >= 15 is 0 Å². The second-order valence-corrected chi connectivity index (χ2v) is 3.95. The summed E-state index contributed by atoms with van der Waals surface area (Å²) in [5, 5.41) is 20.0. The van der Waals surface area contributed by atoms with Crippen molar-refractivity contribution < 1.29 is 0 Å². The standard InChI is InChI=1S/C12H14N6/c1-18-8-16-17-12(18)4-5-15-11-3-2-10(14)6-9(11)7-13/h2-3,6,8,15H,4-5,14H2,1H3. The SMILES string of the molecule is Cn1cnnc1CCNc1ccc(N)cc1C#N. The van der Waals surface area contributed by atoms with E-state index in [2.05, 4.69) is 21.6 Å². The fourth-order valence-electron chi connectivity index (χ4n) is 1.65. The third kappa shape index (κ3) is 2.58. The number of rotatable bonds is 4. The van der Waals surface area contributed by atoms with Crippen molar-refractivity contribution in [2.75, 3.05) is 17.6 Å². The van der Waals surface area contributed by atoms with Crippen LogP contribution >= 0.6 is 0 Å². The number of nitrogens with zero attached hydrogens (tertiary/aromatic N) is 4. The first kappa shape index (κ1) is 11.9. The molecule has 0 atom stereocenters. The molecule has 3 N–H and O–H groups in total. The van der Waals surface area contributed by atoms with E-state index in [1.54, 1.807) is 18.5 Å². The number of nitrogens with two attached hydrogens (primary N) is 1. The Balaban J connectivity index is 1.99. The predicted molar refractivity (Wildman–Crippen MR) is 68.8 cm³/mol. The summed E-state index contributed by atoms with van der Waals surface area (Å²) >= 11 is 0. The van der Waals surface area contributed by atoms with Gasteiger partial charge in [0.15, 0.2) is 0 Å². The number of nitrogens with one attached hydrogen (secondary N) is 1. The molecule has 0 amide bonds. The van der Waals surface area contributed by atoms with E-state index in [1.165, 1.54) is 0 Å². The third-order valence-corrected chi connectivity index (χ3v) is 2.63. The smallest absolute Gasteiger partial charge is 0.134 e. The van der Waals surface area contributed by atoms with Crippen LogP contribution < -0.4 is 11.1 Å². The number of anilines is 2. The van der Waals surface area contributed by atoms with Crippen LogP contribution in [0.2, 0.25) is 0 Å². The fourth-order valence-corrected chi connectivity index (χ4v) is 1.65. The van der Waals surface area contributed by atoms with Crippen LogP contribution in [0.1, 0.15) is 11.4 Å². The Morgan fingerprint density at radius 2 is 2.33 bits per heavy atom. The first-order chi connectivity index (χ1) is 8.70. The number of hydrogen-bond acceptors (Lipinski definition) is 5. The predicted octanol–water partition coefficient (Wildman–Crippen LogP) is 0.924. The van der Waals surface area contributed by atoms with Crippen LogP contribution in [0.4, 0.5) is 11.4 Å². The highest BCUT2D eigenvalue weighted by Crippen LogP contribution is 2.17. The molecular weight excluding hydrogens is 228 g/mol. The molecule has 2 aromatic rings. The lowest BCUT2D eigenvalue weighted by Gasteiger charge is -2.08. The minimum absolute atomic E-state index is 0.549. The lowest BCUT2D eigenvalue weighted by atomic mass is 10.1. The van der Waals surface area contributed by atoms with Crippen molar-refractivity contribution in [3.05, 3.63) is 35.9 Å². The van der Waals surface area contributed by atoms with Gasteiger partial charge in [-0.15, -0.1) is 10.2 Å². The molecule has 0 spiro atoms. The zero-order valence-corrected chi connectivity index (χ0v) is 10.1. The lowest BCUT2D eigenvalue weighted by Crippen LogP contribution is -2.09. The Hall–Kier alpha value is -2.55. The highest BCUT2D eigenvalue weighted by Gasteiger charge is 2.03. The quantitative estimate of drug-likeness (QED) is 0.778. The minimum atomic E-state index is 0.549. The molecule has 0 unspecified atom stereocenters. The largest absolute Gasteiger partial charge is 0.399 e. The fraction of sp³-hybridized carbons (Fsp3) is 0.250. The van der Waals surface area contributed by atoms with Crippen molar-refractivity contribution in [1.29, 1.82) is 5.26 Å². The van der Waals surface area contributed by atoms with Gasteiger partial charge in [0.1, 0.15) is 18.2 Å². The van der Waals surface area contributed by atoms with Crippen molar-refractivity contribution in [2.45, 2.75) is 6.42 Å². The van der Waals surface area contributed by atoms with Crippen molar-refractivity contribution >= 4 is 11.4 Å². The van der Waals surface area contributed by atoms with Crippen molar-refractivity contribution in [3.8, 4) is 6.07 Å². The molecule has 0 aliphatic rings. The second kappa shape index (κ2) is 5.19. The number of aryl methyl sites for hydroxylation is 1. The maximum atomic E-state index is 9.00. The summed E-state index contributed by atoms with van der Waals surface area (Å²) < 4.78 is 1.87. The average molecular weight is 242 g/mol. The van der Waals surface area contributed by atoms with E-state index in [9.17, 15) is 0 Å². The number of hydrogen-bond donors (Lipinski definition) is 2. The maximum absolute atomic E-state index is 9.00. The van der Waals surface area contributed by atoms with E-state index in [4.69, 9.17) is 11.0 Å². The summed E-state index contributed by atoms with van der Waals surface area (Å²) in [6, 6.07) is 7.35. The Bertz CT molecular complexity index is 580. The Kier molecular flexibility index (Phi) is 3.44. The number of nitriles is 1. The number of nitrogen functional groups attached to an aromatic ring is 1. The van der Waals surface area contributed by atoms with Gasteiger partial charge in [-0.3, -0.25) is 0 Å². The molecule has 6 nitrogen and oxygen atoms in total. The summed E-state index contributed by atoms with van der Waals surface area (Å²) in [6.07, 6.45) is 2.41. The first-order valence-corrected chi connectivity index (χ1v) is 5.57. The van der Waals surface area contributed by atoms with Crippen molar-refractivity contribution in [1.82, 2.24) is 14.8 Å². The molecule has 0 aliphatic heterocycles. The molecule has 0 fully saturated rings. The van der Waals surface area contributed by atoms with Crippen LogP contribution in [-0.2, 0) is 13.5 Å². The third-order valence-electron chi connectivity index (χ3n) is 2.63. The van der Waals surface area contributed by atoms with Crippen LogP contribution in [0.5, 0.6) is 0 Å². The molecule has 6 heteroatoms. The lowest BCUT2D eigenvalue weighted by molar-refractivity contribution is 0.788. The van der Waals surface area contributed by atoms with E-state index in [0.29, 0.717) is 17.8 Å². The van der Waals surface area contributed by atoms with E-state index in [-0.39, 0.29) is 0 Å². The van der Waals surface area contributed by atoms with Crippen LogP contribution in [0.3, 0.4) is 0 Å². The van der Waals surface area contributed by atoms with Gasteiger partial charge in [0.05, 0.1) is 11.3 Å². The van der Waals surface area contributed by atoms with Gasteiger partial charge >= 0.3 is 0 Å². The minimum Gasteiger partial charge on any atom is -0.399 e. The highest BCUT2D eigenvalue weighted by molar-refractivity contribution is 5.62. The Morgan fingerprint density at radius 1 is 1.50 bits per heavy atom. The summed E-state index contributed by atoms with van der Waals surface area (Å²) in [7, 11) is 1.90. The molecule has 1 heterocycles. The van der Waals surface area contributed by atoms with Gasteiger partial charge in [-0.2, -0.15) is 5.26 Å². The van der Waals surface area contributed by atoms with Crippen LogP contribution in [0, 0.1) is 11.3 Å². The number of benzene rings is 1. The van der Waals surface area contributed by atoms with Gasteiger partial charge in [-0.1, -0.05) is 0 Å². The molecular formula is C12H14N6. The summed E-state index contributed by atoms with van der Waals surface area (Å²) in [5.41, 5.74) is 7.55. The average Bonchev–Trinajstić information content (AvgIpc) is 2.77. The van der Waals surface area contributed by atoms with Gasteiger partial charge < -0.3 is 15.6 Å². The van der Waals surface area contributed by atoms with Gasteiger partial charge in [0.2, 0.25) is 0 Å². The Morgan fingerprint density at radius 3 is 3.00 bits per heavy atom. The van der Waals surface area contributed by atoms with E-state index < -0.39 is 0 Å². The molecule has 0 aliphatic carbocycles. The summed E-state index contributed by atoms with van der Waals surface area (Å²) in [6.45, 7) is 0.686. The first-order valence-electron chi connectivity index (χ1n) is 5.57. The molecule has 0 saturated heterocycles. The van der Waals surface area contributed by atoms with Gasteiger partial charge in [0, 0.05) is 25.7 Å². The zero-order chi connectivity index (χ0) is 13.0. The molecule has 0 bridgehead atoms. The summed E-state index contributed by atoms with van der Waals surface area (Å²) in [5.74, 6) is 0.899. The van der Waals surface area contributed by atoms with Crippen LogP contribution in [0.15, 0.2) is 24.5 Å². The molecule has 1 aromatic heterocycles. The van der Waals surface area contributed by atoms with Crippen molar-refractivity contribution in [3.63, 3.8) is 0 Å². The molecule has 1 aromatic carbocycles. The van der Waals surface area contributed by atoms with Crippen LogP contribution in [0.25, 0.3) is 0 Å². The second-order valence-electron chi connectivity index (χ2n) is 3.95. The van der Waals surface area contributed by atoms with E-state index in [1.807, 2.05) is 17.7 Å². The molecule has 2 rings (SSSR count). The zero-order valence-electron chi connectivity index (χ0n) is 10.1. The van der Waals surface area contributed by atoms with Gasteiger partial charge in [-0.25, -0.2) is 0 Å². The highest BCUT2D eigenvalue weighted by atomic mass is 15.2. The van der Waals surface area contributed by atoms with Crippen molar-refractivity contribution in [2.24, 2.45) is 7.05 Å².